The molecule has 0 atom stereocenters. The molecule has 0 spiro atoms. The molecule has 0 aliphatic carbocycles. The Morgan fingerprint density at radius 3 is 2.80 bits per heavy atom. The molecule has 0 saturated carbocycles. The Labute approximate surface area is 102 Å². The van der Waals surface area contributed by atoms with E-state index in [2.05, 4.69) is 53.0 Å². The van der Waals surface area contributed by atoms with Gasteiger partial charge in [-0.3, -0.25) is 0 Å². The quantitative estimate of drug-likeness (QED) is 0.793. The third-order valence-corrected chi connectivity index (χ3v) is 4.09. The Kier molecular flexibility index (Phi) is 3.22. The number of thiazole rings is 1. The summed E-state index contributed by atoms with van der Waals surface area (Å²) in [6.45, 7) is 4.25. The molecule has 0 N–H and O–H groups in total. The second kappa shape index (κ2) is 4.45. The lowest BCUT2D eigenvalue weighted by Crippen LogP contribution is -1.79. The molecule has 0 aliphatic rings. The summed E-state index contributed by atoms with van der Waals surface area (Å²) in [6, 6.07) is 6.37. The summed E-state index contributed by atoms with van der Waals surface area (Å²) in [4.78, 5) is 5.77. The number of hydrogen-bond acceptors (Lipinski definition) is 2. The molecule has 0 radical (unpaired) electrons. The van der Waals surface area contributed by atoms with E-state index in [0.29, 0.717) is 0 Å². The molecule has 2 aromatic rings. The first-order valence-corrected chi connectivity index (χ1v) is 6.53. The second-order valence-electron chi connectivity index (χ2n) is 3.47. The number of benzene rings is 1. The molecule has 0 bridgehead atoms. The molecule has 1 aromatic heterocycles. The van der Waals surface area contributed by atoms with Crippen LogP contribution in [-0.2, 0) is 6.42 Å². The monoisotopic (exact) mass is 281 g/mol. The van der Waals surface area contributed by atoms with Gasteiger partial charge in [-0.15, -0.1) is 11.3 Å². The van der Waals surface area contributed by atoms with E-state index >= 15 is 0 Å². The zero-order valence-corrected chi connectivity index (χ0v) is 11.2. The fourth-order valence-electron chi connectivity index (χ4n) is 1.39. The van der Waals surface area contributed by atoms with E-state index in [9.17, 15) is 0 Å². The van der Waals surface area contributed by atoms with E-state index in [0.717, 1.165) is 15.9 Å². The first-order chi connectivity index (χ1) is 7.20. The van der Waals surface area contributed by atoms with Gasteiger partial charge in [-0.25, -0.2) is 4.98 Å². The Morgan fingerprint density at radius 1 is 1.40 bits per heavy atom. The van der Waals surface area contributed by atoms with Crippen LogP contribution >= 0.6 is 27.3 Å². The minimum absolute atomic E-state index is 1.06. The third-order valence-electron chi connectivity index (χ3n) is 2.26. The van der Waals surface area contributed by atoms with Crippen molar-refractivity contribution in [1.29, 1.82) is 0 Å². The van der Waals surface area contributed by atoms with Gasteiger partial charge in [-0.2, -0.15) is 0 Å². The standard InChI is InChI=1S/C12H12BrNS/c1-3-9-7-14-12(15-9)10-5-4-8(2)6-11(10)13/h4-7H,3H2,1-2H3. The topological polar surface area (TPSA) is 12.9 Å². The van der Waals surface area contributed by atoms with Gasteiger partial charge in [-0.05, 0) is 25.0 Å². The number of aryl methyl sites for hydroxylation is 2. The van der Waals surface area contributed by atoms with Crippen LogP contribution in [0.3, 0.4) is 0 Å². The van der Waals surface area contributed by atoms with Crippen molar-refractivity contribution in [1.82, 2.24) is 4.98 Å². The molecule has 1 heterocycles. The van der Waals surface area contributed by atoms with Crippen molar-refractivity contribution in [3.63, 3.8) is 0 Å². The van der Waals surface area contributed by atoms with E-state index in [1.165, 1.54) is 16.0 Å². The highest BCUT2D eigenvalue weighted by atomic mass is 79.9. The normalized spacial score (nSPS) is 10.6. The van der Waals surface area contributed by atoms with Crippen molar-refractivity contribution in [3.05, 3.63) is 39.3 Å². The third kappa shape index (κ3) is 2.29. The van der Waals surface area contributed by atoms with Crippen LogP contribution in [0.5, 0.6) is 0 Å². The summed E-state index contributed by atoms with van der Waals surface area (Å²) in [7, 11) is 0. The van der Waals surface area contributed by atoms with Crippen LogP contribution in [0.15, 0.2) is 28.9 Å². The summed E-state index contributed by atoms with van der Waals surface area (Å²) in [5, 5.41) is 1.10. The van der Waals surface area contributed by atoms with Crippen LogP contribution < -0.4 is 0 Å². The molecule has 0 amide bonds. The maximum absolute atomic E-state index is 4.44. The molecular formula is C12H12BrNS. The maximum Gasteiger partial charge on any atom is 0.124 e. The summed E-state index contributed by atoms with van der Waals surface area (Å²) in [6.07, 6.45) is 3.02. The number of halogens is 1. The van der Waals surface area contributed by atoms with Crippen molar-refractivity contribution in [3.8, 4) is 10.6 Å². The summed E-state index contributed by atoms with van der Waals surface area (Å²) in [5.41, 5.74) is 2.45. The van der Waals surface area contributed by atoms with Crippen LogP contribution in [0.25, 0.3) is 10.6 Å². The zero-order valence-electron chi connectivity index (χ0n) is 8.75. The molecular weight excluding hydrogens is 270 g/mol. The molecule has 3 heteroatoms. The van der Waals surface area contributed by atoms with E-state index in [1.807, 2.05) is 6.20 Å². The average Bonchev–Trinajstić information content (AvgIpc) is 2.66. The molecule has 0 unspecified atom stereocenters. The molecule has 1 aromatic carbocycles. The second-order valence-corrected chi connectivity index (χ2v) is 5.44. The minimum Gasteiger partial charge on any atom is -0.244 e. The van der Waals surface area contributed by atoms with Crippen molar-refractivity contribution >= 4 is 27.3 Å². The van der Waals surface area contributed by atoms with Crippen LogP contribution in [0, 0.1) is 6.92 Å². The van der Waals surface area contributed by atoms with Crippen LogP contribution in [0.1, 0.15) is 17.4 Å². The Hall–Kier alpha value is -0.670. The van der Waals surface area contributed by atoms with E-state index in [-0.39, 0.29) is 0 Å². The predicted octanol–water partition coefficient (Wildman–Crippen LogP) is 4.44. The smallest absolute Gasteiger partial charge is 0.124 e. The number of nitrogens with zero attached hydrogens (tertiary/aromatic N) is 1. The van der Waals surface area contributed by atoms with Gasteiger partial charge in [0.2, 0.25) is 0 Å². The molecule has 2 rings (SSSR count). The van der Waals surface area contributed by atoms with Crippen LogP contribution in [0.4, 0.5) is 0 Å². The van der Waals surface area contributed by atoms with E-state index < -0.39 is 0 Å². The summed E-state index contributed by atoms with van der Waals surface area (Å²) >= 11 is 5.35. The fraction of sp³-hybridized carbons (Fsp3) is 0.250. The number of rotatable bonds is 2. The van der Waals surface area contributed by atoms with Gasteiger partial charge in [0.25, 0.3) is 0 Å². The van der Waals surface area contributed by atoms with Gasteiger partial charge in [0.15, 0.2) is 0 Å². The minimum atomic E-state index is 1.06. The first-order valence-electron chi connectivity index (χ1n) is 4.92. The molecule has 1 nitrogen and oxygen atoms in total. The summed E-state index contributed by atoms with van der Waals surface area (Å²) < 4.78 is 1.12. The van der Waals surface area contributed by atoms with Gasteiger partial charge in [-0.1, -0.05) is 35.0 Å². The molecule has 15 heavy (non-hydrogen) atoms. The Morgan fingerprint density at radius 2 is 2.20 bits per heavy atom. The van der Waals surface area contributed by atoms with E-state index in [1.54, 1.807) is 11.3 Å². The fourth-order valence-corrected chi connectivity index (χ4v) is 3.09. The van der Waals surface area contributed by atoms with Gasteiger partial charge in [0, 0.05) is 21.1 Å². The first kappa shape index (κ1) is 10.8. The van der Waals surface area contributed by atoms with Gasteiger partial charge < -0.3 is 0 Å². The van der Waals surface area contributed by atoms with Gasteiger partial charge in [0.1, 0.15) is 5.01 Å². The molecule has 0 fully saturated rings. The molecule has 78 valence electrons. The Bertz CT molecular complexity index is 476. The highest BCUT2D eigenvalue weighted by Gasteiger charge is 2.07. The lowest BCUT2D eigenvalue weighted by molar-refractivity contribution is 1.17. The highest BCUT2D eigenvalue weighted by Crippen LogP contribution is 2.32. The van der Waals surface area contributed by atoms with Crippen molar-refractivity contribution < 1.29 is 0 Å². The van der Waals surface area contributed by atoms with Gasteiger partial charge in [0.05, 0.1) is 0 Å². The maximum atomic E-state index is 4.44. The number of hydrogen-bond donors (Lipinski definition) is 0. The Balaban J connectivity index is 2.44. The highest BCUT2D eigenvalue weighted by molar-refractivity contribution is 9.10. The van der Waals surface area contributed by atoms with Crippen molar-refractivity contribution in [2.75, 3.05) is 0 Å². The van der Waals surface area contributed by atoms with Crippen molar-refractivity contribution in [2.45, 2.75) is 20.3 Å². The molecule has 0 saturated heterocycles. The van der Waals surface area contributed by atoms with Gasteiger partial charge >= 0.3 is 0 Å². The lowest BCUT2D eigenvalue weighted by Gasteiger charge is -2.01. The van der Waals surface area contributed by atoms with Crippen LogP contribution in [0.2, 0.25) is 0 Å². The zero-order chi connectivity index (χ0) is 10.8. The molecule has 0 aliphatic heterocycles. The summed E-state index contributed by atoms with van der Waals surface area (Å²) in [5.74, 6) is 0. The predicted molar refractivity (Wildman–Crippen MR) is 69.4 cm³/mol. The lowest BCUT2D eigenvalue weighted by atomic mass is 10.2. The van der Waals surface area contributed by atoms with E-state index in [4.69, 9.17) is 0 Å². The average molecular weight is 282 g/mol. The largest absolute Gasteiger partial charge is 0.244 e. The SMILES string of the molecule is CCc1cnc(-c2ccc(C)cc2Br)s1. The van der Waals surface area contributed by atoms with Crippen molar-refractivity contribution in [2.24, 2.45) is 0 Å². The van der Waals surface area contributed by atoms with Crippen LogP contribution in [-0.4, -0.2) is 4.98 Å². The number of aromatic nitrogens is 1.